The van der Waals surface area contributed by atoms with E-state index in [9.17, 15) is 9.90 Å². The van der Waals surface area contributed by atoms with Crippen LogP contribution in [0, 0.1) is 0 Å². The highest BCUT2D eigenvalue weighted by Crippen LogP contribution is 2.24. The van der Waals surface area contributed by atoms with Crippen LogP contribution in [-0.4, -0.2) is 54.1 Å². The fraction of sp³-hybridized carbons (Fsp3) is 0.417. The molecular weight excluding hydrogens is 298 g/mol. The largest absolute Gasteiger partial charge is 0.507 e. The summed E-state index contributed by atoms with van der Waals surface area (Å²) in [6, 6.07) is 4.79. The number of hydrazine groups is 1. The second kappa shape index (κ2) is 5.69. The number of phenolic OH excluding ortho intramolecular Hbond substituents is 1. The Labute approximate surface area is 114 Å². The topological polar surface area (TPSA) is 55.8 Å². The molecule has 0 bridgehead atoms. The number of amides is 1. The van der Waals surface area contributed by atoms with Gasteiger partial charge in [-0.15, -0.1) is 0 Å². The van der Waals surface area contributed by atoms with Gasteiger partial charge in [-0.1, -0.05) is 0 Å². The van der Waals surface area contributed by atoms with Crippen LogP contribution in [0.15, 0.2) is 22.7 Å². The molecule has 0 saturated carbocycles. The molecule has 1 aliphatic heterocycles. The van der Waals surface area contributed by atoms with Gasteiger partial charge in [-0.3, -0.25) is 10.2 Å². The molecule has 98 valence electrons. The molecule has 6 heteroatoms. The first kappa shape index (κ1) is 13.3. The van der Waals surface area contributed by atoms with Crippen molar-refractivity contribution in [3.05, 3.63) is 28.2 Å². The minimum Gasteiger partial charge on any atom is -0.507 e. The van der Waals surface area contributed by atoms with E-state index in [4.69, 9.17) is 0 Å². The lowest BCUT2D eigenvalue weighted by molar-refractivity contribution is 0.0662. The lowest BCUT2D eigenvalue weighted by atomic mass is 10.2. The molecule has 0 atom stereocenters. The lowest BCUT2D eigenvalue weighted by Gasteiger charge is -2.32. The molecule has 0 aromatic heterocycles. The van der Waals surface area contributed by atoms with Gasteiger partial charge in [0.05, 0.1) is 4.47 Å². The smallest absolute Gasteiger partial charge is 0.265 e. The predicted octanol–water partition coefficient (Wildman–Crippen LogP) is 1.05. The zero-order valence-electron chi connectivity index (χ0n) is 10.2. The minimum atomic E-state index is -0.192. The zero-order chi connectivity index (χ0) is 13.1. The first-order chi connectivity index (χ1) is 8.56. The third-order valence-electron chi connectivity index (χ3n) is 2.97. The molecule has 5 nitrogen and oxygen atoms in total. The van der Waals surface area contributed by atoms with E-state index >= 15 is 0 Å². The number of nitrogens with zero attached hydrogens (tertiary/aromatic N) is 2. The Morgan fingerprint density at radius 2 is 2.00 bits per heavy atom. The lowest BCUT2D eigenvalue weighted by Crippen LogP contribution is -2.52. The average Bonchev–Trinajstić information content (AvgIpc) is 2.35. The van der Waals surface area contributed by atoms with Gasteiger partial charge in [0.1, 0.15) is 5.75 Å². The number of halogens is 1. The molecule has 0 spiro atoms. The zero-order valence-corrected chi connectivity index (χ0v) is 11.8. The number of piperazine rings is 1. The summed E-state index contributed by atoms with van der Waals surface area (Å²) in [5.41, 5.74) is 3.30. The molecule has 1 aromatic rings. The summed E-state index contributed by atoms with van der Waals surface area (Å²) in [6.45, 7) is 3.49. The van der Waals surface area contributed by atoms with E-state index in [0.717, 1.165) is 26.2 Å². The van der Waals surface area contributed by atoms with Crippen LogP contribution in [0.4, 0.5) is 0 Å². The van der Waals surface area contributed by atoms with Crippen molar-refractivity contribution in [2.75, 3.05) is 33.2 Å². The first-order valence-corrected chi connectivity index (χ1v) is 6.58. The number of rotatable bonds is 2. The van der Waals surface area contributed by atoms with E-state index in [0.29, 0.717) is 10.0 Å². The van der Waals surface area contributed by atoms with Gasteiger partial charge in [0, 0.05) is 31.7 Å². The van der Waals surface area contributed by atoms with Crippen molar-refractivity contribution >= 4 is 21.8 Å². The van der Waals surface area contributed by atoms with Crippen molar-refractivity contribution in [2.24, 2.45) is 0 Å². The number of phenols is 1. The normalized spacial score (nSPS) is 17.7. The van der Waals surface area contributed by atoms with Crippen molar-refractivity contribution in [1.29, 1.82) is 0 Å². The van der Waals surface area contributed by atoms with Gasteiger partial charge in [0.25, 0.3) is 5.91 Å². The predicted molar refractivity (Wildman–Crippen MR) is 72.3 cm³/mol. The minimum absolute atomic E-state index is 0.0704. The van der Waals surface area contributed by atoms with Crippen LogP contribution in [0.5, 0.6) is 5.75 Å². The maximum atomic E-state index is 12.0. The van der Waals surface area contributed by atoms with Crippen molar-refractivity contribution in [3.8, 4) is 5.75 Å². The van der Waals surface area contributed by atoms with E-state index in [-0.39, 0.29) is 11.7 Å². The number of aromatic hydroxyl groups is 1. The Morgan fingerprint density at radius 3 is 2.61 bits per heavy atom. The highest BCUT2D eigenvalue weighted by Gasteiger charge is 2.16. The summed E-state index contributed by atoms with van der Waals surface area (Å²) in [6.07, 6.45) is 0. The Balaban J connectivity index is 1.97. The molecule has 1 heterocycles. The molecule has 1 aromatic carbocycles. The number of hydrogen-bond acceptors (Lipinski definition) is 4. The number of carbonyl (C=O) groups excluding carboxylic acids is 1. The Bertz CT molecular complexity index is 445. The molecule has 1 fully saturated rings. The fourth-order valence-electron chi connectivity index (χ4n) is 1.78. The maximum Gasteiger partial charge on any atom is 0.265 e. The SMILES string of the molecule is CN1CCN(NC(=O)c2ccc(Br)c(O)c2)CC1. The third kappa shape index (κ3) is 3.22. The monoisotopic (exact) mass is 313 g/mol. The highest BCUT2D eigenvalue weighted by molar-refractivity contribution is 9.10. The number of hydrogen-bond donors (Lipinski definition) is 2. The quantitative estimate of drug-likeness (QED) is 0.857. The Kier molecular flexibility index (Phi) is 4.21. The van der Waals surface area contributed by atoms with E-state index in [1.54, 1.807) is 12.1 Å². The van der Waals surface area contributed by atoms with E-state index in [2.05, 4.69) is 33.3 Å². The van der Waals surface area contributed by atoms with Gasteiger partial charge in [-0.25, -0.2) is 5.01 Å². The van der Waals surface area contributed by atoms with Crippen LogP contribution in [0.25, 0.3) is 0 Å². The van der Waals surface area contributed by atoms with Crippen LogP contribution in [0.3, 0.4) is 0 Å². The van der Waals surface area contributed by atoms with Crippen molar-refractivity contribution < 1.29 is 9.90 Å². The van der Waals surface area contributed by atoms with Crippen molar-refractivity contribution in [2.45, 2.75) is 0 Å². The number of likely N-dealkylation sites (N-methyl/N-ethyl adjacent to an activating group) is 1. The fourth-order valence-corrected chi connectivity index (χ4v) is 2.03. The van der Waals surface area contributed by atoms with Gasteiger partial charge in [0.15, 0.2) is 0 Å². The maximum absolute atomic E-state index is 12.0. The third-order valence-corrected chi connectivity index (χ3v) is 3.64. The number of carbonyl (C=O) groups is 1. The summed E-state index contributed by atoms with van der Waals surface area (Å²) in [5, 5.41) is 11.4. The summed E-state index contributed by atoms with van der Waals surface area (Å²) < 4.78 is 0.582. The molecule has 1 aliphatic rings. The van der Waals surface area contributed by atoms with Crippen LogP contribution in [-0.2, 0) is 0 Å². The van der Waals surface area contributed by atoms with E-state index < -0.39 is 0 Å². The summed E-state index contributed by atoms with van der Waals surface area (Å²) >= 11 is 3.19. The Morgan fingerprint density at radius 1 is 1.33 bits per heavy atom. The van der Waals surface area contributed by atoms with Crippen LogP contribution >= 0.6 is 15.9 Å². The van der Waals surface area contributed by atoms with Gasteiger partial charge >= 0.3 is 0 Å². The molecule has 2 rings (SSSR count). The van der Waals surface area contributed by atoms with E-state index in [1.165, 1.54) is 6.07 Å². The molecule has 18 heavy (non-hydrogen) atoms. The molecular formula is C12H16BrN3O2. The van der Waals surface area contributed by atoms with Gasteiger partial charge in [-0.2, -0.15) is 0 Å². The average molecular weight is 314 g/mol. The van der Waals surface area contributed by atoms with Crippen molar-refractivity contribution in [1.82, 2.24) is 15.3 Å². The first-order valence-electron chi connectivity index (χ1n) is 5.79. The standard InChI is InChI=1S/C12H16BrN3O2/c1-15-4-6-16(7-5-15)14-12(18)9-2-3-10(13)11(17)8-9/h2-3,8,17H,4-7H2,1H3,(H,14,18). The molecule has 0 unspecified atom stereocenters. The van der Waals surface area contributed by atoms with Crippen LogP contribution in [0.2, 0.25) is 0 Å². The molecule has 1 amide bonds. The van der Waals surface area contributed by atoms with Gasteiger partial charge in [0.2, 0.25) is 0 Å². The number of benzene rings is 1. The second-order valence-corrected chi connectivity index (χ2v) is 5.25. The molecule has 0 aliphatic carbocycles. The number of nitrogens with one attached hydrogen (secondary N) is 1. The second-order valence-electron chi connectivity index (χ2n) is 4.40. The summed E-state index contributed by atoms with van der Waals surface area (Å²) in [7, 11) is 2.06. The molecule has 2 N–H and O–H groups in total. The van der Waals surface area contributed by atoms with Crippen molar-refractivity contribution in [3.63, 3.8) is 0 Å². The van der Waals surface area contributed by atoms with Gasteiger partial charge < -0.3 is 10.0 Å². The molecule has 1 saturated heterocycles. The molecule has 0 radical (unpaired) electrons. The van der Waals surface area contributed by atoms with Crippen LogP contribution in [0.1, 0.15) is 10.4 Å². The highest BCUT2D eigenvalue weighted by atomic mass is 79.9. The Hall–Kier alpha value is -1.11. The summed E-state index contributed by atoms with van der Waals surface area (Å²) in [4.78, 5) is 14.2. The van der Waals surface area contributed by atoms with E-state index in [1.807, 2.05) is 5.01 Å². The van der Waals surface area contributed by atoms with Crippen LogP contribution < -0.4 is 5.43 Å². The summed E-state index contributed by atoms with van der Waals surface area (Å²) in [5.74, 6) is -0.122. The van der Waals surface area contributed by atoms with Gasteiger partial charge in [-0.05, 0) is 41.2 Å².